The van der Waals surface area contributed by atoms with Crippen LogP contribution in [0, 0.1) is 17.8 Å². The van der Waals surface area contributed by atoms with Gasteiger partial charge in [0.1, 0.15) is 13.2 Å². The fourth-order valence-electron chi connectivity index (χ4n) is 7.92. The van der Waals surface area contributed by atoms with E-state index in [0.29, 0.717) is 63.1 Å². The minimum Gasteiger partial charge on any atom is -0.498 e. The highest BCUT2D eigenvalue weighted by Crippen LogP contribution is 2.45. The smallest absolute Gasteiger partial charge is 0.498 e. The van der Waals surface area contributed by atoms with Gasteiger partial charge in [0.15, 0.2) is 6.29 Å². The number of rotatable bonds is 48. The molecule has 11 nitrogen and oxygen atoms in total. The van der Waals surface area contributed by atoms with E-state index >= 15 is 0 Å². The Labute approximate surface area is 392 Å². The molecule has 1 saturated carbocycles. The predicted octanol–water partition coefficient (Wildman–Crippen LogP) is 13.7. The standard InChI is InChI=1S/C53H99NO10/c1-7-12-15-18-24-29-38-59-52(60-39-30-25-19-16-13-8-2)35-34-46(6)62-43-47(45-64-53(57)61-40-31-36-54(10-4)11-5)44-63-51(56)42-49-41-48(49)32-26-21-20-22-27-33-50(55)58-37-28-23-17-14-9-3/h47-49,52H,6-45H2,1-5H3. The molecule has 0 amide bonds. The molecule has 3 atom stereocenters. The summed E-state index contributed by atoms with van der Waals surface area (Å²) < 4.78 is 40.5. The molecular weight excluding hydrogens is 811 g/mol. The van der Waals surface area contributed by atoms with E-state index in [1.165, 1.54) is 83.5 Å². The van der Waals surface area contributed by atoms with Gasteiger partial charge in [0, 0.05) is 45.4 Å². The molecule has 1 aliphatic rings. The van der Waals surface area contributed by atoms with Gasteiger partial charge >= 0.3 is 18.1 Å². The van der Waals surface area contributed by atoms with E-state index in [1.54, 1.807) is 0 Å². The highest BCUT2D eigenvalue weighted by atomic mass is 16.7. The Balaban J connectivity index is 2.52. The normalized spacial score (nSPS) is 15.0. The number of nitrogens with zero attached hydrogens (tertiary/aromatic N) is 1. The van der Waals surface area contributed by atoms with E-state index in [-0.39, 0.29) is 50.6 Å². The summed E-state index contributed by atoms with van der Waals surface area (Å²) in [7, 11) is 0. The topological polar surface area (TPSA) is 119 Å². The molecule has 0 aliphatic heterocycles. The number of carbonyl (C=O) groups is 3. The summed E-state index contributed by atoms with van der Waals surface area (Å²) in [6.07, 6.45) is 29.6. The maximum atomic E-state index is 13.0. The molecule has 0 spiro atoms. The zero-order valence-corrected chi connectivity index (χ0v) is 42.1. The molecule has 0 saturated heterocycles. The Morgan fingerprint density at radius 1 is 0.516 bits per heavy atom. The molecule has 1 fully saturated rings. The van der Waals surface area contributed by atoms with Crippen LogP contribution in [-0.4, -0.2) is 95.2 Å². The third-order valence-corrected chi connectivity index (χ3v) is 12.4. The lowest BCUT2D eigenvalue weighted by molar-refractivity contribution is -0.149. The molecule has 376 valence electrons. The van der Waals surface area contributed by atoms with Gasteiger partial charge < -0.3 is 38.1 Å². The lowest BCUT2D eigenvalue weighted by Gasteiger charge is -2.21. The summed E-state index contributed by atoms with van der Waals surface area (Å²) in [5, 5.41) is 0. The number of hydrogen-bond donors (Lipinski definition) is 0. The molecule has 64 heavy (non-hydrogen) atoms. The van der Waals surface area contributed by atoms with Gasteiger partial charge in [-0.15, -0.1) is 0 Å². The van der Waals surface area contributed by atoms with Crippen LogP contribution >= 0.6 is 0 Å². The predicted molar refractivity (Wildman–Crippen MR) is 259 cm³/mol. The van der Waals surface area contributed by atoms with Crippen molar-refractivity contribution in [3.05, 3.63) is 12.3 Å². The van der Waals surface area contributed by atoms with Crippen LogP contribution in [0.1, 0.15) is 221 Å². The minimum atomic E-state index is -0.727. The summed E-state index contributed by atoms with van der Waals surface area (Å²) in [4.78, 5) is 39.7. The maximum absolute atomic E-state index is 13.0. The van der Waals surface area contributed by atoms with Crippen molar-refractivity contribution < 1.29 is 47.5 Å². The quantitative estimate of drug-likeness (QED) is 0.0191. The largest absolute Gasteiger partial charge is 0.508 e. The third kappa shape index (κ3) is 36.8. The number of carbonyl (C=O) groups excluding carboxylic acids is 3. The summed E-state index contributed by atoms with van der Waals surface area (Å²) in [6, 6.07) is 0. The molecule has 0 N–H and O–H groups in total. The molecule has 0 radical (unpaired) electrons. The Morgan fingerprint density at radius 3 is 1.64 bits per heavy atom. The van der Waals surface area contributed by atoms with E-state index in [4.69, 9.17) is 33.2 Å². The van der Waals surface area contributed by atoms with Crippen LogP contribution in [0.2, 0.25) is 0 Å². The van der Waals surface area contributed by atoms with Crippen molar-refractivity contribution in [3.63, 3.8) is 0 Å². The second-order valence-corrected chi connectivity index (χ2v) is 18.3. The first-order valence-corrected chi connectivity index (χ1v) is 26.6. The average Bonchev–Trinajstić information content (AvgIpc) is 4.04. The molecule has 0 aromatic heterocycles. The fourth-order valence-corrected chi connectivity index (χ4v) is 7.92. The fraction of sp³-hybridized carbons (Fsp3) is 0.906. The van der Waals surface area contributed by atoms with Gasteiger partial charge in [-0.25, -0.2) is 4.79 Å². The first kappa shape index (κ1) is 59.6. The zero-order valence-electron chi connectivity index (χ0n) is 42.1. The van der Waals surface area contributed by atoms with Gasteiger partial charge in [0.2, 0.25) is 0 Å². The lowest BCUT2D eigenvalue weighted by atomic mass is 10.1. The van der Waals surface area contributed by atoms with Crippen LogP contribution in [0.3, 0.4) is 0 Å². The Hall–Kier alpha value is -2.37. The van der Waals surface area contributed by atoms with Gasteiger partial charge in [-0.3, -0.25) is 9.59 Å². The highest BCUT2D eigenvalue weighted by molar-refractivity contribution is 5.70. The van der Waals surface area contributed by atoms with Crippen LogP contribution < -0.4 is 0 Å². The van der Waals surface area contributed by atoms with Gasteiger partial charge in [0.25, 0.3) is 0 Å². The molecule has 1 rings (SSSR count). The van der Waals surface area contributed by atoms with Crippen LogP contribution in [0.5, 0.6) is 0 Å². The lowest BCUT2D eigenvalue weighted by Crippen LogP contribution is -2.27. The molecule has 3 unspecified atom stereocenters. The van der Waals surface area contributed by atoms with Crippen molar-refractivity contribution in [2.24, 2.45) is 17.8 Å². The van der Waals surface area contributed by atoms with Crippen molar-refractivity contribution in [1.29, 1.82) is 0 Å². The van der Waals surface area contributed by atoms with Crippen LogP contribution in [0.15, 0.2) is 12.3 Å². The minimum absolute atomic E-state index is 0.00710. The van der Waals surface area contributed by atoms with Gasteiger partial charge in [-0.05, 0) is 63.5 Å². The number of esters is 2. The Kier molecular flexibility index (Phi) is 40.3. The van der Waals surface area contributed by atoms with Crippen LogP contribution in [0.25, 0.3) is 0 Å². The van der Waals surface area contributed by atoms with E-state index in [2.05, 4.69) is 46.1 Å². The number of unbranched alkanes of at least 4 members (excludes halogenated alkanes) is 18. The monoisotopic (exact) mass is 910 g/mol. The molecule has 1 aliphatic carbocycles. The van der Waals surface area contributed by atoms with Crippen molar-refractivity contribution in [3.8, 4) is 0 Å². The molecule has 11 heteroatoms. The molecule has 0 bridgehead atoms. The Bertz CT molecular complexity index is 1100. The number of ether oxygens (including phenoxy) is 7. The molecule has 0 aromatic carbocycles. The van der Waals surface area contributed by atoms with E-state index in [1.807, 2.05) is 0 Å². The SMILES string of the molecule is C=C(CCC(OCCCCCCCC)OCCCCCCCC)OCC(COC(=O)CC1CC1CCCCCCCC(=O)OCCCCCCC)COC(=O)OCCCN(CC)CC. The maximum Gasteiger partial charge on any atom is 0.508 e. The van der Waals surface area contributed by atoms with Crippen molar-refractivity contribution in [2.75, 3.05) is 65.9 Å². The average molecular weight is 910 g/mol. The van der Waals surface area contributed by atoms with Crippen LogP contribution in [0.4, 0.5) is 4.79 Å². The summed E-state index contributed by atoms with van der Waals surface area (Å²) >= 11 is 0. The second-order valence-electron chi connectivity index (χ2n) is 18.3. The van der Waals surface area contributed by atoms with E-state index in [0.717, 1.165) is 96.7 Å². The molecule has 0 aromatic rings. The molecular formula is C53H99NO10. The summed E-state index contributed by atoms with van der Waals surface area (Å²) in [5.74, 6) is 0.859. The third-order valence-electron chi connectivity index (χ3n) is 12.4. The van der Waals surface area contributed by atoms with Gasteiger partial charge in [-0.2, -0.15) is 0 Å². The number of allylic oxidation sites excluding steroid dienone is 1. The van der Waals surface area contributed by atoms with Crippen LogP contribution in [-0.2, 0) is 42.7 Å². The van der Waals surface area contributed by atoms with E-state index in [9.17, 15) is 14.4 Å². The second kappa shape index (κ2) is 43.2. The first-order valence-electron chi connectivity index (χ1n) is 26.6. The summed E-state index contributed by atoms with van der Waals surface area (Å²) in [6.45, 7) is 20.3. The highest BCUT2D eigenvalue weighted by Gasteiger charge is 2.38. The molecule has 0 heterocycles. The van der Waals surface area contributed by atoms with Gasteiger partial charge in [0.05, 0.1) is 31.5 Å². The van der Waals surface area contributed by atoms with E-state index < -0.39 is 6.16 Å². The van der Waals surface area contributed by atoms with Crippen molar-refractivity contribution >= 4 is 18.1 Å². The Morgan fingerprint density at radius 2 is 1.03 bits per heavy atom. The van der Waals surface area contributed by atoms with Crippen molar-refractivity contribution in [1.82, 2.24) is 4.90 Å². The first-order chi connectivity index (χ1) is 31.3. The number of hydrogen-bond acceptors (Lipinski definition) is 11. The summed E-state index contributed by atoms with van der Waals surface area (Å²) in [5.41, 5.74) is 0. The zero-order chi connectivity index (χ0) is 46.7. The van der Waals surface area contributed by atoms with Gasteiger partial charge in [-0.1, -0.05) is 163 Å². The van der Waals surface area contributed by atoms with Crippen molar-refractivity contribution in [2.45, 2.75) is 227 Å².